The van der Waals surface area contributed by atoms with Crippen LogP contribution in [-0.2, 0) is 0 Å². The van der Waals surface area contributed by atoms with Crippen LogP contribution in [-0.4, -0.2) is 8.07 Å². The molecule has 1 radical (unpaired) electrons. The highest BCUT2D eigenvalue weighted by Gasteiger charge is 2.60. The zero-order valence-corrected chi connectivity index (χ0v) is 15.3. The third kappa shape index (κ3) is 2.54. The van der Waals surface area contributed by atoms with E-state index in [2.05, 4.69) is 92.6 Å². The summed E-state index contributed by atoms with van der Waals surface area (Å²) in [6.45, 7) is 21.8. The van der Waals surface area contributed by atoms with Gasteiger partial charge in [-0.15, -0.1) is 0 Å². The second-order valence-electron chi connectivity index (χ2n) is 8.78. The largest absolute Gasteiger partial charge is 0.103 e. The molecule has 0 unspecified atom stereocenters. The van der Waals surface area contributed by atoms with E-state index < -0.39 is 8.07 Å². The summed E-state index contributed by atoms with van der Waals surface area (Å²) >= 11 is 0. The molecule has 1 rings (SSSR count). The first-order chi connectivity index (χ1) is 8.36. The monoisotopic (exact) mass is 275 g/mol. The maximum Gasteiger partial charge on any atom is 0.103 e. The lowest BCUT2D eigenvalue weighted by Gasteiger charge is -2.59. The second-order valence-corrected chi connectivity index (χ2v) is 15.3. The maximum absolute atomic E-state index is 3.59. The lowest BCUT2D eigenvalue weighted by molar-refractivity contribution is 0.547. The van der Waals surface area contributed by atoms with E-state index in [1.807, 2.05) is 0 Å². The van der Waals surface area contributed by atoms with Gasteiger partial charge in [0.2, 0.25) is 0 Å². The molecule has 0 aliphatic heterocycles. The van der Waals surface area contributed by atoms with Crippen LogP contribution in [0, 0.1) is 6.07 Å². The predicted molar refractivity (Wildman–Crippen MR) is 89.8 cm³/mol. The summed E-state index contributed by atoms with van der Waals surface area (Å²) < 4.78 is 0. The Labute approximate surface area is 121 Å². The fraction of sp³-hybridized carbons (Fsp3) is 0.667. The van der Waals surface area contributed by atoms with Gasteiger partial charge in [-0.2, -0.15) is 0 Å². The van der Waals surface area contributed by atoms with Gasteiger partial charge in [-0.25, -0.2) is 0 Å². The Morgan fingerprint density at radius 2 is 1.16 bits per heavy atom. The first-order valence-corrected chi connectivity index (χ1v) is 9.33. The van der Waals surface area contributed by atoms with Crippen molar-refractivity contribution < 1.29 is 0 Å². The van der Waals surface area contributed by atoms with Gasteiger partial charge in [0.25, 0.3) is 0 Å². The fourth-order valence-corrected chi connectivity index (χ4v) is 15.0. The topological polar surface area (TPSA) is 0 Å². The van der Waals surface area contributed by atoms with Gasteiger partial charge in [0.15, 0.2) is 0 Å². The highest BCUT2D eigenvalue weighted by Crippen LogP contribution is 2.61. The van der Waals surface area contributed by atoms with Crippen molar-refractivity contribution in [3.05, 3.63) is 30.3 Å². The van der Waals surface area contributed by atoms with E-state index in [1.54, 1.807) is 0 Å². The average Bonchev–Trinajstić information content (AvgIpc) is 2.12. The van der Waals surface area contributed by atoms with E-state index in [0.717, 1.165) is 0 Å². The average molecular weight is 276 g/mol. The molecule has 0 aromatic heterocycles. The quantitative estimate of drug-likeness (QED) is 0.590. The molecule has 0 fully saturated rings. The summed E-state index contributed by atoms with van der Waals surface area (Å²) in [4.78, 5) is 0. The highest BCUT2D eigenvalue weighted by atomic mass is 28.3. The van der Waals surface area contributed by atoms with Crippen molar-refractivity contribution >= 4 is 13.3 Å². The van der Waals surface area contributed by atoms with Crippen LogP contribution < -0.4 is 5.19 Å². The predicted octanol–water partition coefficient (Wildman–Crippen LogP) is 5.54. The Bertz CT molecular complexity index is 374. The Morgan fingerprint density at radius 3 is 1.42 bits per heavy atom. The molecule has 0 aliphatic rings. The van der Waals surface area contributed by atoms with E-state index in [4.69, 9.17) is 0 Å². The van der Waals surface area contributed by atoms with Crippen molar-refractivity contribution in [2.45, 2.75) is 77.4 Å². The molecule has 107 valence electrons. The normalized spacial score (nSPS) is 14.6. The zero-order valence-electron chi connectivity index (χ0n) is 14.3. The molecule has 0 atom stereocenters. The third-order valence-electron chi connectivity index (χ3n) is 4.49. The van der Waals surface area contributed by atoms with Crippen LogP contribution in [0.1, 0.15) is 62.3 Å². The van der Waals surface area contributed by atoms with Crippen LogP contribution in [0.15, 0.2) is 24.3 Å². The van der Waals surface area contributed by atoms with Gasteiger partial charge in [0.05, 0.1) is 0 Å². The van der Waals surface area contributed by atoms with Crippen LogP contribution in [0.25, 0.3) is 0 Å². The van der Waals surface area contributed by atoms with Gasteiger partial charge >= 0.3 is 0 Å². The molecule has 0 N–H and O–H groups in total. The number of rotatable bonds is 1. The van der Waals surface area contributed by atoms with Crippen molar-refractivity contribution in [2.24, 2.45) is 0 Å². The summed E-state index contributed by atoms with van der Waals surface area (Å²) in [6, 6.07) is 12.2. The van der Waals surface area contributed by atoms with E-state index in [9.17, 15) is 0 Å². The Kier molecular flexibility index (Phi) is 4.14. The van der Waals surface area contributed by atoms with Crippen molar-refractivity contribution in [1.29, 1.82) is 0 Å². The van der Waals surface area contributed by atoms with Crippen molar-refractivity contribution in [2.75, 3.05) is 0 Å². The summed E-state index contributed by atoms with van der Waals surface area (Å²) in [5, 5.41) is 2.35. The summed E-state index contributed by atoms with van der Waals surface area (Å²) in [7, 11) is -1.83. The minimum Gasteiger partial charge on any atom is -0.0623 e. The Hall–Kier alpha value is -0.563. The number of hydrogen-bond donors (Lipinski definition) is 0. The first-order valence-electron chi connectivity index (χ1n) is 7.33. The van der Waals surface area contributed by atoms with Crippen molar-refractivity contribution in [3.63, 3.8) is 0 Å². The van der Waals surface area contributed by atoms with Crippen LogP contribution >= 0.6 is 0 Å². The Morgan fingerprint density at radius 1 is 0.737 bits per heavy atom. The zero-order chi connectivity index (χ0) is 15.1. The standard InChI is InChI=1S/C18H31Si/c1-16(2,3)19(17(4,5)6,18(7,8)9)15-13-11-10-12-14-15/h10-13H,1-9H3. The number of benzene rings is 1. The van der Waals surface area contributed by atoms with Gasteiger partial charge in [0.1, 0.15) is 8.07 Å². The second kappa shape index (κ2) is 4.77. The minimum absolute atomic E-state index is 0.293. The molecule has 1 aromatic carbocycles. The summed E-state index contributed by atoms with van der Waals surface area (Å²) in [5.41, 5.74) is 0. The summed E-state index contributed by atoms with van der Waals surface area (Å²) in [6.07, 6.45) is 0. The molecule has 0 spiro atoms. The minimum atomic E-state index is -1.83. The van der Waals surface area contributed by atoms with E-state index in [-0.39, 0.29) is 0 Å². The maximum atomic E-state index is 3.59. The van der Waals surface area contributed by atoms with Crippen molar-refractivity contribution in [1.82, 2.24) is 0 Å². The van der Waals surface area contributed by atoms with E-state index >= 15 is 0 Å². The van der Waals surface area contributed by atoms with Gasteiger partial charge < -0.3 is 0 Å². The highest BCUT2D eigenvalue weighted by molar-refractivity contribution is 6.98. The molecule has 1 heteroatoms. The van der Waals surface area contributed by atoms with Crippen LogP contribution in [0.5, 0.6) is 0 Å². The molecular weight excluding hydrogens is 244 g/mol. The fourth-order valence-electron chi connectivity index (χ4n) is 5.21. The molecule has 19 heavy (non-hydrogen) atoms. The van der Waals surface area contributed by atoms with Crippen molar-refractivity contribution in [3.8, 4) is 0 Å². The molecule has 0 heterocycles. The molecular formula is C18H31Si. The van der Waals surface area contributed by atoms with Crippen LogP contribution in [0.4, 0.5) is 0 Å². The summed E-state index contributed by atoms with van der Waals surface area (Å²) in [5.74, 6) is 0. The van der Waals surface area contributed by atoms with E-state index in [1.165, 1.54) is 5.19 Å². The lowest BCUT2D eigenvalue weighted by atomic mass is 10.2. The SMILES string of the molecule is CC(C)(C)[Si](c1[c]cccc1)(C(C)(C)C)C(C)(C)C. The molecule has 0 aliphatic carbocycles. The van der Waals surface area contributed by atoms with Gasteiger partial charge in [-0.1, -0.05) is 91.8 Å². The molecule has 1 aromatic rings. The van der Waals surface area contributed by atoms with Gasteiger partial charge in [-0.3, -0.25) is 0 Å². The Balaban J connectivity index is 3.76. The number of hydrogen-bond acceptors (Lipinski definition) is 0. The van der Waals surface area contributed by atoms with Gasteiger partial charge in [0, 0.05) is 0 Å². The first kappa shape index (κ1) is 16.5. The van der Waals surface area contributed by atoms with Gasteiger partial charge in [-0.05, 0) is 21.2 Å². The smallest absolute Gasteiger partial charge is 0.0623 e. The molecule has 0 saturated carbocycles. The van der Waals surface area contributed by atoms with Crippen LogP contribution in [0.3, 0.4) is 0 Å². The van der Waals surface area contributed by atoms with E-state index in [0.29, 0.717) is 15.1 Å². The molecule has 0 bridgehead atoms. The lowest BCUT2D eigenvalue weighted by Crippen LogP contribution is -2.66. The molecule has 0 nitrogen and oxygen atoms in total. The molecule has 0 amide bonds. The third-order valence-corrected chi connectivity index (χ3v) is 12.4. The molecule has 0 saturated heterocycles. The van der Waals surface area contributed by atoms with Crippen LogP contribution in [0.2, 0.25) is 15.1 Å².